The molecule has 0 spiro atoms. The van der Waals surface area contributed by atoms with Crippen molar-refractivity contribution >= 4 is 204 Å². The van der Waals surface area contributed by atoms with Crippen molar-refractivity contribution < 1.29 is 136 Å². The van der Waals surface area contributed by atoms with Crippen molar-refractivity contribution in [2.45, 2.75) is 122 Å². The number of Topliss-reactive ketones (excluding diaryl/α,β-unsaturated/α-hetero) is 2. The molecule has 10 heterocycles. The molecule has 6 aromatic carbocycles. The van der Waals surface area contributed by atoms with Crippen molar-refractivity contribution in [1.29, 1.82) is 0 Å². The Hall–Kier alpha value is -12.5. The molecule has 30 nitrogen and oxygen atoms in total. The molecule has 38 heteroatoms. The van der Waals surface area contributed by atoms with Crippen LogP contribution in [0.5, 0.6) is 0 Å². The van der Waals surface area contributed by atoms with Gasteiger partial charge in [0.2, 0.25) is 23.6 Å². The third-order valence-corrected chi connectivity index (χ3v) is 39.1. The van der Waals surface area contributed by atoms with Crippen molar-refractivity contribution in [3.8, 4) is 0 Å². The summed E-state index contributed by atoms with van der Waals surface area (Å²) in [7, 11) is 3.98. The quantitative estimate of drug-likeness (QED) is 0.00409. The summed E-state index contributed by atoms with van der Waals surface area (Å²) in [4.78, 5) is 190. The van der Waals surface area contributed by atoms with Crippen LogP contribution in [0.3, 0.4) is 0 Å². The number of carbonyl (C=O) groups is 14. The molecule has 10 aromatic rings. The van der Waals surface area contributed by atoms with Gasteiger partial charge in [-0.2, -0.15) is 0 Å². The van der Waals surface area contributed by atoms with E-state index >= 15 is 0 Å². The van der Waals surface area contributed by atoms with E-state index in [9.17, 15) is 87.5 Å². The zero-order chi connectivity index (χ0) is 105. The number of β-lactam (4-membered cyclic amide) rings is 4. The third-order valence-electron chi connectivity index (χ3n) is 25.5. The van der Waals surface area contributed by atoms with Crippen LogP contribution in [-0.2, 0) is 57.0 Å². The number of nitrogens with one attached hydrogen (secondary N) is 4. The second-order valence-electron chi connectivity index (χ2n) is 35.7. The molecule has 0 unspecified atom stereocenters. The number of carboxylic acids is 1. The van der Waals surface area contributed by atoms with E-state index in [-0.39, 0.29) is 144 Å². The van der Waals surface area contributed by atoms with E-state index in [0.717, 1.165) is 48.0 Å². The number of fused-ring (bicyclic) bond motifs is 2. The number of rotatable bonds is 36. The molecule has 756 valence electrons. The van der Waals surface area contributed by atoms with Gasteiger partial charge in [-0.1, -0.05) is 220 Å². The van der Waals surface area contributed by atoms with Crippen LogP contribution < -0.4 is 87.8 Å². The molecule has 4 fully saturated rings. The van der Waals surface area contributed by atoms with E-state index in [1.54, 1.807) is 53.7 Å². The van der Waals surface area contributed by atoms with E-state index in [2.05, 4.69) is 60.6 Å². The Morgan fingerprint density at radius 2 is 0.712 bits per heavy atom. The maximum Gasteiger partial charge on any atom is 1.00 e. The second kappa shape index (κ2) is 49.3. The van der Waals surface area contributed by atoms with Gasteiger partial charge >= 0.3 is 47.5 Å². The van der Waals surface area contributed by atoms with E-state index in [0.29, 0.717) is 60.9 Å². The topological polar surface area (TPSA) is 421 Å². The Morgan fingerprint density at radius 1 is 0.425 bits per heavy atom. The third kappa shape index (κ3) is 22.9. The van der Waals surface area contributed by atoms with E-state index in [1.807, 2.05) is 189 Å². The first-order chi connectivity index (χ1) is 69.4. The maximum absolute atomic E-state index is 14.8. The van der Waals surface area contributed by atoms with Crippen molar-refractivity contribution in [2.24, 2.45) is 23.7 Å². The number of aliphatic hydroxyl groups is 3. The summed E-state index contributed by atoms with van der Waals surface area (Å²) in [6.45, 7) is 17.2. The molecule has 7 N–H and O–H groups in total. The van der Waals surface area contributed by atoms with E-state index < -0.39 is 118 Å². The molecular formula is C108H113N8NaO22P2S4Si. The Morgan fingerprint density at radius 3 is 1.01 bits per heavy atom. The van der Waals surface area contributed by atoms with Crippen molar-refractivity contribution in [3.05, 3.63) is 319 Å². The molecule has 0 saturated carbocycles. The number of ether oxygens (including phenoxy) is 3. The first kappa shape index (κ1) is 112. The van der Waals surface area contributed by atoms with Gasteiger partial charge in [0.25, 0.3) is 23.6 Å². The zero-order valence-corrected chi connectivity index (χ0v) is 90.6. The van der Waals surface area contributed by atoms with Gasteiger partial charge < -0.3 is 84.7 Å². The largest absolute Gasteiger partial charge is 1.00 e. The number of hydrogen-bond acceptors (Lipinski definition) is 26. The van der Waals surface area contributed by atoms with Crippen molar-refractivity contribution in [3.63, 3.8) is 0 Å². The summed E-state index contributed by atoms with van der Waals surface area (Å²) < 4.78 is 23.3. The first-order valence-corrected chi connectivity index (χ1v) is 57.2. The Bertz CT molecular complexity index is 6620. The molecule has 6 aliphatic heterocycles. The average Bonchev–Trinajstić information content (AvgIpc) is 1.15. The number of likely N-dealkylation sites (tertiary alicyclic amines) is 2. The van der Waals surface area contributed by atoms with E-state index in [1.165, 1.54) is 113 Å². The summed E-state index contributed by atoms with van der Waals surface area (Å²) in [6, 6.07) is 62.1. The van der Waals surface area contributed by atoms with Crippen LogP contribution >= 0.6 is 59.1 Å². The fourth-order valence-electron chi connectivity index (χ4n) is 19.2. The molecule has 16 rings (SSSR count). The fourth-order valence-corrected chi connectivity index (χ4v) is 32.9. The Balaban J connectivity index is 0.000000181. The van der Waals surface area contributed by atoms with Crippen LogP contribution in [0.2, 0.25) is 19.6 Å². The number of carbonyl (C=O) groups excluding carboxylic acids is 14. The van der Waals surface area contributed by atoms with E-state index in [4.69, 9.17) is 18.6 Å². The second-order valence-corrected chi connectivity index (χ2v) is 50.5. The predicted octanol–water partition coefficient (Wildman–Crippen LogP) is 6.69. The molecule has 0 bridgehead atoms. The summed E-state index contributed by atoms with van der Waals surface area (Å²) in [5.41, 5.74) is 3.17. The van der Waals surface area contributed by atoms with Crippen LogP contribution in [0.25, 0.3) is 11.1 Å². The van der Waals surface area contributed by atoms with Crippen LogP contribution in [0.4, 0.5) is 0 Å². The smallest absolute Gasteiger partial charge is 0.543 e. The van der Waals surface area contributed by atoms with Gasteiger partial charge in [-0.05, 0) is 122 Å². The van der Waals surface area contributed by atoms with Crippen molar-refractivity contribution in [1.82, 2.24) is 40.9 Å². The predicted molar refractivity (Wildman–Crippen MR) is 566 cm³/mol. The molecule has 4 aromatic heterocycles. The number of esters is 3. The van der Waals surface area contributed by atoms with Gasteiger partial charge in [-0.15, -0.1) is 45.3 Å². The Kier molecular flexibility index (Phi) is 37.9. The maximum atomic E-state index is 14.8. The molecule has 4 saturated heterocycles. The summed E-state index contributed by atoms with van der Waals surface area (Å²) >= 11 is 4.89. The normalized spacial score (nSPS) is 18.8. The zero-order valence-electron chi connectivity index (χ0n) is 82.6. The number of carboxylic acid groups (broad SMARTS) is 1. The minimum Gasteiger partial charge on any atom is -0.543 e. The average molecular weight is 2120 g/mol. The number of ketones is 2. The van der Waals surface area contributed by atoms with Gasteiger partial charge in [0, 0.05) is 91.7 Å². The minimum absolute atomic E-state index is 0. The SMILES string of the molecule is C=CCOC(=O)C(N1C(=O)[C@H]([C@@H](C)O)[C@H]1CC(=O)c1cc(C(=O)NC)cs1)=P(c1ccccc1)(c1ccccc1)c1ccccc1.C=CCOC(=O)C(N1C(=O)[C@H]([C@@H](C)O[Si](C)(C)C)[C@H]1CC(=O)c1cc(C(=O)NC)cs1)=P(c1ccccc1)(c1ccccc1)c1ccccc1.C=CCOC(=O)C1=C(c2cc(C(=O)NC)cs2)C[C@@H]2[C@@H]([C@@H](C)O)C(=O)N12.CNC(=O)c1csc(C2=C(C(=O)[O-])N3C(=O)[C@H]([C@@H](C)O)[C@H]3C2)c1.[Na+]. The van der Waals surface area contributed by atoms with Crippen molar-refractivity contribution in [2.75, 3.05) is 48.0 Å². The summed E-state index contributed by atoms with van der Waals surface area (Å²) in [6.07, 6.45) is 1.69. The standard InChI is InChI=1S/C39H43N2O6PSSi.C36H35N2O6PS.C18H20N2O5S.C15H16N2O5S.Na/c1-7-23-46-39(45)38(48(29-17-11-8-12-18-29,30-19-13-9-14-20-30)31-21-15-10-16-22-31)41-32(35(37(41)44)27(2)47-50(4,5)6)25-33(42)34-24-28(26-49-34)36(43)40-3;1-4-20-44-36(43)35(38-29(32(24(2)39)34(38)42)22-30(40)31-21-25(23-46-31)33(41)37-3)45(26-14-8-5-9-15-26,27-16-10-6-11-17-27)28-18-12-7-13-19-28;1-4-5-25-18(24)15-11(13-6-10(8-26-13)16(22)19-3)7-12-14(9(2)21)17(23)20(12)15;1-6(18)11-9-4-8(12(15(21)22)17(9)14(11)20)10-3-7(5-23-10)13(19)16-2;/h7-22,24,26-27,32,35H,1,23,25H2,2-6H3,(H,40,43);4-19,21,23-24,29,32,39H,1,20,22H2,2-3H3,(H,37,41);4,6,8-9,12,14,21H,1,5,7H2,2-3H3,(H,19,22);3,5-6,9,11,18H,4H2,1-2H3,(H,16,19)(H,21,22);/q;;;;+1/p-1/t27-,32-,35-;24-,29-,32-;9-,12-,14-;6-,9-,11-;/m1111./s1. The van der Waals surface area contributed by atoms with Gasteiger partial charge in [0.15, 0.2) is 19.9 Å². The van der Waals surface area contributed by atoms with Gasteiger partial charge in [0.05, 0.1) is 116 Å². The number of aliphatic carboxylic acids is 1. The molecule has 8 amide bonds. The molecule has 0 radical (unpaired) electrons. The summed E-state index contributed by atoms with van der Waals surface area (Å²) in [5.74, 6) is -9.25. The molecule has 6 aliphatic rings. The molecular weight excluding hydrogens is 2000 g/mol. The van der Waals surface area contributed by atoms with Crippen LogP contribution in [-0.4, -0.2) is 233 Å². The first-order valence-electron chi connectivity index (χ1n) is 46.7. The monoisotopic (exact) mass is 2110 g/mol. The molecule has 0 aliphatic carbocycles. The molecule has 12 atom stereocenters. The van der Waals surface area contributed by atoms with Crippen LogP contribution in [0.15, 0.2) is 277 Å². The van der Waals surface area contributed by atoms with Gasteiger partial charge in [-0.3, -0.25) is 47.9 Å². The number of hydrogen-bond donors (Lipinski definition) is 7. The number of benzene rings is 6. The number of amides is 8. The molecule has 146 heavy (non-hydrogen) atoms. The van der Waals surface area contributed by atoms with Gasteiger partial charge in [-0.25, -0.2) is 14.4 Å². The fraction of sp³-hybridized carbons (Fsp3) is 0.278. The van der Waals surface area contributed by atoms with Gasteiger partial charge in [0.1, 0.15) is 36.4 Å². The number of aliphatic hydroxyl groups excluding tert-OH is 3. The van der Waals surface area contributed by atoms with Crippen LogP contribution in [0.1, 0.15) is 124 Å². The Labute approximate surface area is 885 Å². The van der Waals surface area contributed by atoms with Crippen LogP contribution in [0, 0.1) is 23.7 Å². The number of nitrogens with zero attached hydrogens (tertiary/aromatic N) is 4. The minimum atomic E-state index is -3.17. The number of thiophene rings is 4. The summed E-state index contributed by atoms with van der Waals surface area (Å²) in [5, 5.41) is 63.6.